The van der Waals surface area contributed by atoms with Crippen molar-refractivity contribution in [2.75, 3.05) is 17.5 Å². The lowest BCUT2D eigenvalue weighted by molar-refractivity contribution is -0.140. The minimum absolute atomic E-state index is 0.0357. The largest absolute Gasteiger partial charge is 0.494 e. The molecular formula is C34H41Cl2N3O5S. The van der Waals surface area contributed by atoms with Crippen LogP contribution in [0.15, 0.2) is 71.6 Å². The molecule has 0 radical (unpaired) electrons. The maximum atomic E-state index is 14.3. The molecule has 4 rings (SSSR count). The zero-order valence-corrected chi connectivity index (χ0v) is 28.3. The average Bonchev–Trinajstić information content (AvgIpc) is 3.02. The number of rotatable bonds is 13. The topological polar surface area (TPSA) is 96.0 Å². The Morgan fingerprint density at radius 1 is 0.933 bits per heavy atom. The van der Waals surface area contributed by atoms with Gasteiger partial charge in [-0.25, -0.2) is 8.42 Å². The van der Waals surface area contributed by atoms with E-state index in [-0.39, 0.29) is 23.4 Å². The molecule has 1 saturated carbocycles. The Morgan fingerprint density at radius 2 is 1.60 bits per heavy atom. The fraction of sp³-hybridized carbons (Fsp3) is 0.412. The smallest absolute Gasteiger partial charge is 0.264 e. The molecule has 1 aliphatic carbocycles. The van der Waals surface area contributed by atoms with E-state index in [0.29, 0.717) is 40.1 Å². The zero-order valence-electron chi connectivity index (χ0n) is 26.0. The molecule has 3 aromatic rings. The van der Waals surface area contributed by atoms with Crippen molar-refractivity contribution in [2.45, 2.75) is 82.8 Å². The predicted molar refractivity (Wildman–Crippen MR) is 179 cm³/mol. The number of hydrogen-bond donors (Lipinski definition) is 1. The second kappa shape index (κ2) is 15.8. The summed E-state index contributed by atoms with van der Waals surface area (Å²) in [5, 5.41) is 3.84. The molecule has 11 heteroatoms. The molecule has 3 aromatic carbocycles. The number of benzene rings is 3. The van der Waals surface area contributed by atoms with Gasteiger partial charge in [-0.15, -0.1) is 0 Å². The van der Waals surface area contributed by atoms with Crippen LogP contribution in [0.1, 0.15) is 63.5 Å². The van der Waals surface area contributed by atoms with Crippen LogP contribution >= 0.6 is 23.2 Å². The number of halogens is 2. The van der Waals surface area contributed by atoms with Crippen molar-refractivity contribution in [1.29, 1.82) is 0 Å². The number of ether oxygens (including phenoxy) is 1. The second-order valence-electron chi connectivity index (χ2n) is 11.3. The lowest BCUT2D eigenvalue weighted by Gasteiger charge is -2.34. The number of anilines is 1. The van der Waals surface area contributed by atoms with E-state index >= 15 is 0 Å². The van der Waals surface area contributed by atoms with E-state index in [9.17, 15) is 18.0 Å². The Hall–Kier alpha value is -3.27. The standard InChI is InChI=1S/C34H41Cl2N3O5S/c1-4-32(34(41)37-26-9-7-6-8-10-26)38(22-25-13-20-30(35)31(36)21-25)33(40)23-39(27-14-16-28(17-15-27)44-5-2)45(42,43)29-18-11-24(3)12-19-29/h11-21,26,32H,4-10,22-23H2,1-3H3,(H,37,41)/t32-/m1/s1. The molecule has 0 heterocycles. The molecule has 0 aromatic heterocycles. The van der Waals surface area contributed by atoms with E-state index in [0.717, 1.165) is 42.0 Å². The van der Waals surface area contributed by atoms with Crippen LogP contribution in [0.4, 0.5) is 5.69 Å². The third-order valence-electron chi connectivity index (χ3n) is 8.00. The summed E-state index contributed by atoms with van der Waals surface area (Å²) in [7, 11) is -4.18. The number of amides is 2. The molecule has 242 valence electrons. The molecule has 0 unspecified atom stereocenters. The van der Waals surface area contributed by atoms with Crippen LogP contribution in [0.3, 0.4) is 0 Å². The quantitative estimate of drug-likeness (QED) is 0.208. The van der Waals surface area contributed by atoms with Crippen molar-refractivity contribution < 1.29 is 22.7 Å². The van der Waals surface area contributed by atoms with Gasteiger partial charge in [0.2, 0.25) is 11.8 Å². The van der Waals surface area contributed by atoms with Crippen molar-refractivity contribution in [3.05, 3.63) is 87.9 Å². The summed E-state index contributed by atoms with van der Waals surface area (Å²) in [6.45, 7) is 5.53. The highest BCUT2D eigenvalue weighted by Crippen LogP contribution is 2.28. The molecule has 8 nitrogen and oxygen atoms in total. The summed E-state index contributed by atoms with van der Waals surface area (Å²) in [5.74, 6) is -0.213. The van der Waals surface area contributed by atoms with Crippen molar-refractivity contribution in [2.24, 2.45) is 0 Å². The summed E-state index contributed by atoms with van der Waals surface area (Å²) >= 11 is 12.5. The fourth-order valence-corrected chi connectivity index (χ4v) is 7.27. The van der Waals surface area contributed by atoms with E-state index in [2.05, 4.69) is 5.32 Å². The number of hydrogen-bond acceptors (Lipinski definition) is 5. The second-order valence-corrected chi connectivity index (χ2v) is 14.0. The monoisotopic (exact) mass is 673 g/mol. The van der Waals surface area contributed by atoms with E-state index in [1.807, 2.05) is 20.8 Å². The maximum Gasteiger partial charge on any atom is 0.264 e. The maximum absolute atomic E-state index is 14.3. The van der Waals surface area contributed by atoms with Crippen molar-refractivity contribution >= 4 is 50.7 Å². The molecule has 0 bridgehead atoms. The Kier molecular flexibility index (Phi) is 12.2. The van der Waals surface area contributed by atoms with Crippen molar-refractivity contribution in [1.82, 2.24) is 10.2 Å². The van der Waals surface area contributed by atoms with Gasteiger partial charge in [0, 0.05) is 12.6 Å². The minimum Gasteiger partial charge on any atom is -0.494 e. The molecule has 0 aliphatic heterocycles. The van der Waals surface area contributed by atoms with Gasteiger partial charge in [-0.2, -0.15) is 0 Å². The molecular weight excluding hydrogens is 633 g/mol. The molecule has 0 spiro atoms. The summed E-state index contributed by atoms with van der Waals surface area (Å²) in [4.78, 5) is 29.5. The summed E-state index contributed by atoms with van der Waals surface area (Å²) < 4.78 is 34.8. The fourth-order valence-electron chi connectivity index (χ4n) is 5.54. The summed E-state index contributed by atoms with van der Waals surface area (Å²) in [6, 6.07) is 17.3. The highest BCUT2D eigenvalue weighted by Gasteiger charge is 2.34. The Labute approximate surface area is 276 Å². The first-order valence-electron chi connectivity index (χ1n) is 15.4. The predicted octanol–water partition coefficient (Wildman–Crippen LogP) is 7.15. The van der Waals surface area contributed by atoms with Gasteiger partial charge in [-0.3, -0.25) is 13.9 Å². The third-order valence-corrected chi connectivity index (χ3v) is 10.5. The van der Waals surface area contributed by atoms with E-state index in [1.54, 1.807) is 54.6 Å². The van der Waals surface area contributed by atoms with Gasteiger partial charge in [0.1, 0.15) is 18.3 Å². The van der Waals surface area contributed by atoms with Gasteiger partial charge in [-0.1, -0.05) is 73.2 Å². The molecule has 1 N–H and O–H groups in total. The number of nitrogens with zero attached hydrogens (tertiary/aromatic N) is 2. The average molecular weight is 675 g/mol. The van der Waals surface area contributed by atoms with Crippen LogP contribution in [0.25, 0.3) is 0 Å². The van der Waals surface area contributed by atoms with Gasteiger partial charge < -0.3 is 15.0 Å². The molecule has 1 atom stereocenters. The van der Waals surface area contributed by atoms with Crippen LogP contribution < -0.4 is 14.4 Å². The number of sulfonamides is 1. The first-order valence-corrected chi connectivity index (χ1v) is 17.6. The van der Waals surface area contributed by atoms with Gasteiger partial charge in [0.05, 0.1) is 27.2 Å². The normalized spacial score (nSPS) is 14.4. The van der Waals surface area contributed by atoms with Crippen LogP contribution in [0.2, 0.25) is 10.0 Å². The van der Waals surface area contributed by atoms with E-state index < -0.39 is 28.5 Å². The minimum atomic E-state index is -4.18. The van der Waals surface area contributed by atoms with Crippen LogP contribution in [-0.4, -0.2) is 50.4 Å². The number of aryl methyl sites for hydroxylation is 1. The molecule has 0 saturated heterocycles. The van der Waals surface area contributed by atoms with E-state index in [1.165, 1.54) is 17.0 Å². The summed E-state index contributed by atoms with van der Waals surface area (Å²) in [5.41, 5.74) is 1.86. The Bertz CT molecular complexity index is 1560. The van der Waals surface area contributed by atoms with Crippen LogP contribution in [0.5, 0.6) is 5.75 Å². The highest BCUT2D eigenvalue weighted by atomic mass is 35.5. The van der Waals surface area contributed by atoms with Crippen molar-refractivity contribution in [3.8, 4) is 5.75 Å². The third kappa shape index (κ3) is 8.93. The molecule has 45 heavy (non-hydrogen) atoms. The van der Waals surface area contributed by atoms with Gasteiger partial charge >= 0.3 is 0 Å². The lowest BCUT2D eigenvalue weighted by Crippen LogP contribution is -2.54. The molecule has 1 aliphatic rings. The first kappa shape index (κ1) is 34.6. The number of carbonyl (C=O) groups excluding carboxylic acids is 2. The lowest BCUT2D eigenvalue weighted by atomic mass is 9.95. The zero-order chi connectivity index (χ0) is 32.6. The van der Waals surface area contributed by atoms with Crippen LogP contribution in [0, 0.1) is 6.92 Å². The Balaban J connectivity index is 1.72. The van der Waals surface area contributed by atoms with Gasteiger partial charge in [0.25, 0.3) is 10.0 Å². The number of nitrogens with one attached hydrogen (secondary N) is 1. The summed E-state index contributed by atoms with van der Waals surface area (Å²) in [6.07, 6.45) is 5.34. The number of carbonyl (C=O) groups is 2. The van der Waals surface area contributed by atoms with Crippen molar-refractivity contribution in [3.63, 3.8) is 0 Å². The van der Waals surface area contributed by atoms with Gasteiger partial charge in [-0.05, 0) is 87.2 Å². The first-order chi connectivity index (χ1) is 21.5. The SMILES string of the molecule is CCOc1ccc(N(CC(=O)N(Cc2ccc(Cl)c(Cl)c2)[C@H](CC)C(=O)NC2CCCCC2)S(=O)(=O)c2ccc(C)cc2)cc1. The molecule has 2 amide bonds. The Morgan fingerprint density at radius 3 is 2.20 bits per heavy atom. The van der Waals surface area contributed by atoms with E-state index in [4.69, 9.17) is 27.9 Å². The van der Waals surface area contributed by atoms with Gasteiger partial charge in [0.15, 0.2) is 0 Å². The molecule has 1 fully saturated rings. The highest BCUT2D eigenvalue weighted by molar-refractivity contribution is 7.92. The van der Waals surface area contributed by atoms with Crippen LogP contribution in [-0.2, 0) is 26.2 Å².